The fraction of sp³-hybridized carbons (Fsp3) is 0.538. The number of unbranched alkanes of at least 4 members (excludes halogenated alkanes) is 1. The maximum Gasteiger partial charge on any atom is 0.119 e. The molecule has 0 aromatic heterocycles. The van der Waals surface area contributed by atoms with E-state index in [1.54, 1.807) is 0 Å². The van der Waals surface area contributed by atoms with Crippen LogP contribution in [0, 0.1) is 0 Å². The molecule has 1 N–H and O–H groups in total. The van der Waals surface area contributed by atoms with Gasteiger partial charge in [0.05, 0.1) is 6.61 Å². The second kappa shape index (κ2) is 8.13. The first-order valence-corrected chi connectivity index (χ1v) is 5.77. The molecule has 16 heavy (non-hydrogen) atoms. The SMILES string of the molecule is CCCCOC(CO)COc1ccccc1. The zero-order chi connectivity index (χ0) is 11.6. The Balaban J connectivity index is 2.23. The van der Waals surface area contributed by atoms with E-state index >= 15 is 0 Å². The van der Waals surface area contributed by atoms with Crippen LogP contribution in [0.25, 0.3) is 0 Å². The second-order valence-electron chi connectivity index (χ2n) is 3.65. The van der Waals surface area contributed by atoms with Gasteiger partial charge in [0.25, 0.3) is 0 Å². The van der Waals surface area contributed by atoms with Gasteiger partial charge in [-0.1, -0.05) is 31.5 Å². The molecule has 1 aromatic rings. The Labute approximate surface area is 97.0 Å². The Bertz CT molecular complexity index is 261. The molecule has 0 saturated carbocycles. The monoisotopic (exact) mass is 224 g/mol. The Hall–Kier alpha value is -1.06. The number of hydrogen-bond acceptors (Lipinski definition) is 3. The van der Waals surface area contributed by atoms with Gasteiger partial charge in [0.1, 0.15) is 18.5 Å². The molecule has 3 nitrogen and oxygen atoms in total. The maximum absolute atomic E-state index is 9.10. The molecule has 0 spiro atoms. The largest absolute Gasteiger partial charge is 0.491 e. The smallest absolute Gasteiger partial charge is 0.119 e. The number of rotatable bonds is 8. The van der Waals surface area contributed by atoms with E-state index in [1.165, 1.54) is 0 Å². The van der Waals surface area contributed by atoms with Gasteiger partial charge < -0.3 is 14.6 Å². The molecule has 0 bridgehead atoms. The summed E-state index contributed by atoms with van der Waals surface area (Å²) in [5.41, 5.74) is 0. The molecule has 90 valence electrons. The molecule has 1 atom stereocenters. The van der Waals surface area contributed by atoms with Gasteiger partial charge in [-0.2, -0.15) is 0 Å². The lowest BCUT2D eigenvalue weighted by Crippen LogP contribution is -2.26. The zero-order valence-electron chi connectivity index (χ0n) is 9.76. The number of ether oxygens (including phenoxy) is 2. The fourth-order valence-electron chi connectivity index (χ4n) is 1.25. The number of aliphatic hydroxyl groups excluding tert-OH is 1. The normalized spacial score (nSPS) is 12.4. The molecular formula is C13H20O3. The van der Waals surface area contributed by atoms with Gasteiger partial charge >= 0.3 is 0 Å². The topological polar surface area (TPSA) is 38.7 Å². The molecule has 1 unspecified atom stereocenters. The molecule has 0 heterocycles. The first-order chi connectivity index (χ1) is 7.86. The van der Waals surface area contributed by atoms with Crippen molar-refractivity contribution in [3.05, 3.63) is 30.3 Å². The van der Waals surface area contributed by atoms with E-state index in [-0.39, 0.29) is 12.7 Å². The van der Waals surface area contributed by atoms with Crippen LogP contribution < -0.4 is 4.74 Å². The molecule has 0 radical (unpaired) electrons. The van der Waals surface area contributed by atoms with Crippen molar-refractivity contribution in [3.63, 3.8) is 0 Å². The van der Waals surface area contributed by atoms with Crippen LogP contribution in [0.4, 0.5) is 0 Å². The van der Waals surface area contributed by atoms with Crippen molar-refractivity contribution in [2.24, 2.45) is 0 Å². The van der Waals surface area contributed by atoms with Crippen LogP contribution in [0.5, 0.6) is 5.75 Å². The first kappa shape index (κ1) is 13.0. The quantitative estimate of drug-likeness (QED) is 0.688. The Morgan fingerprint density at radius 1 is 1.25 bits per heavy atom. The van der Waals surface area contributed by atoms with Crippen LogP contribution in [-0.2, 0) is 4.74 Å². The van der Waals surface area contributed by atoms with Crippen molar-refractivity contribution in [2.75, 3.05) is 19.8 Å². The first-order valence-electron chi connectivity index (χ1n) is 5.77. The standard InChI is InChI=1S/C13H20O3/c1-2-3-9-15-13(10-14)11-16-12-7-5-4-6-8-12/h4-8,13-14H,2-3,9-11H2,1H3. The summed E-state index contributed by atoms with van der Waals surface area (Å²) in [7, 11) is 0. The van der Waals surface area contributed by atoms with Gasteiger partial charge in [0, 0.05) is 6.61 Å². The zero-order valence-corrected chi connectivity index (χ0v) is 9.76. The Morgan fingerprint density at radius 3 is 2.62 bits per heavy atom. The van der Waals surface area contributed by atoms with Gasteiger partial charge in [0.2, 0.25) is 0 Å². The predicted molar refractivity (Wildman–Crippen MR) is 63.7 cm³/mol. The van der Waals surface area contributed by atoms with Crippen molar-refractivity contribution in [2.45, 2.75) is 25.9 Å². The van der Waals surface area contributed by atoms with Gasteiger partial charge in [-0.05, 0) is 18.6 Å². The minimum Gasteiger partial charge on any atom is -0.491 e. The van der Waals surface area contributed by atoms with Crippen molar-refractivity contribution >= 4 is 0 Å². The summed E-state index contributed by atoms with van der Waals surface area (Å²) in [4.78, 5) is 0. The van der Waals surface area contributed by atoms with Crippen LogP contribution in [-0.4, -0.2) is 31.0 Å². The number of hydrogen-bond donors (Lipinski definition) is 1. The highest BCUT2D eigenvalue weighted by atomic mass is 16.5. The number of aliphatic hydroxyl groups is 1. The number of para-hydroxylation sites is 1. The minimum absolute atomic E-state index is 0.00342. The van der Waals surface area contributed by atoms with Crippen LogP contribution in [0.3, 0.4) is 0 Å². The molecule has 0 fully saturated rings. The lowest BCUT2D eigenvalue weighted by molar-refractivity contribution is -0.0145. The molecule has 1 rings (SSSR count). The Kier molecular flexibility index (Phi) is 6.61. The molecule has 0 saturated heterocycles. The minimum atomic E-state index is -0.230. The van der Waals surface area contributed by atoms with E-state index in [9.17, 15) is 0 Å². The molecular weight excluding hydrogens is 204 g/mol. The van der Waals surface area contributed by atoms with Gasteiger partial charge in [-0.3, -0.25) is 0 Å². The fourth-order valence-corrected chi connectivity index (χ4v) is 1.25. The van der Waals surface area contributed by atoms with Crippen molar-refractivity contribution in [1.29, 1.82) is 0 Å². The van der Waals surface area contributed by atoms with E-state index in [2.05, 4.69) is 6.92 Å². The van der Waals surface area contributed by atoms with E-state index in [4.69, 9.17) is 14.6 Å². The van der Waals surface area contributed by atoms with Crippen molar-refractivity contribution in [3.8, 4) is 5.75 Å². The van der Waals surface area contributed by atoms with E-state index < -0.39 is 0 Å². The van der Waals surface area contributed by atoms with E-state index in [0.717, 1.165) is 18.6 Å². The summed E-state index contributed by atoms with van der Waals surface area (Å²) in [5, 5.41) is 9.10. The summed E-state index contributed by atoms with van der Waals surface area (Å²) in [6, 6.07) is 9.55. The number of benzene rings is 1. The van der Waals surface area contributed by atoms with Crippen LogP contribution >= 0.6 is 0 Å². The van der Waals surface area contributed by atoms with Crippen LogP contribution in [0.15, 0.2) is 30.3 Å². The van der Waals surface area contributed by atoms with Gasteiger partial charge in [-0.25, -0.2) is 0 Å². The van der Waals surface area contributed by atoms with E-state index in [0.29, 0.717) is 13.2 Å². The highest BCUT2D eigenvalue weighted by molar-refractivity contribution is 5.20. The average molecular weight is 224 g/mol. The Morgan fingerprint density at radius 2 is 2.00 bits per heavy atom. The lowest BCUT2D eigenvalue weighted by atomic mass is 10.3. The van der Waals surface area contributed by atoms with E-state index in [1.807, 2.05) is 30.3 Å². The third-order valence-electron chi connectivity index (χ3n) is 2.23. The van der Waals surface area contributed by atoms with Crippen LogP contribution in [0.1, 0.15) is 19.8 Å². The molecule has 3 heteroatoms. The second-order valence-corrected chi connectivity index (χ2v) is 3.65. The van der Waals surface area contributed by atoms with Gasteiger partial charge in [-0.15, -0.1) is 0 Å². The highest BCUT2D eigenvalue weighted by Gasteiger charge is 2.08. The molecule has 0 aliphatic heterocycles. The summed E-state index contributed by atoms with van der Waals surface area (Å²) < 4.78 is 11.0. The third kappa shape index (κ3) is 5.14. The van der Waals surface area contributed by atoms with Gasteiger partial charge in [0.15, 0.2) is 0 Å². The molecule has 1 aromatic carbocycles. The third-order valence-corrected chi connectivity index (χ3v) is 2.23. The molecule has 0 aliphatic rings. The lowest BCUT2D eigenvalue weighted by Gasteiger charge is -2.16. The highest BCUT2D eigenvalue weighted by Crippen LogP contribution is 2.09. The van der Waals surface area contributed by atoms with Crippen molar-refractivity contribution in [1.82, 2.24) is 0 Å². The summed E-state index contributed by atoms with van der Waals surface area (Å²) >= 11 is 0. The predicted octanol–water partition coefficient (Wildman–Crippen LogP) is 2.24. The summed E-state index contributed by atoms with van der Waals surface area (Å²) in [5.74, 6) is 0.806. The maximum atomic E-state index is 9.10. The summed E-state index contributed by atoms with van der Waals surface area (Å²) in [6.07, 6.45) is 1.88. The molecule has 0 amide bonds. The summed E-state index contributed by atoms with van der Waals surface area (Å²) in [6.45, 7) is 3.18. The van der Waals surface area contributed by atoms with Crippen LogP contribution in [0.2, 0.25) is 0 Å². The average Bonchev–Trinajstić information content (AvgIpc) is 2.35. The molecule has 0 aliphatic carbocycles. The van der Waals surface area contributed by atoms with Crippen molar-refractivity contribution < 1.29 is 14.6 Å².